The lowest BCUT2D eigenvalue weighted by molar-refractivity contribution is -0.141. The van der Waals surface area contributed by atoms with Crippen molar-refractivity contribution in [3.05, 3.63) is 35.9 Å². The van der Waals surface area contributed by atoms with E-state index in [4.69, 9.17) is 11.5 Å². The van der Waals surface area contributed by atoms with Crippen LogP contribution in [-0.2, 0) is 30.4 Å². The number of amides is 4. The van der Waals surface area contributed by atoms with Crippen molar-refractivity contribution in [1.29, 1.82) is 0 Å². The third-order valence-electron chi connectivity index (χ3n) is 5.21. The number of carboxylic acids is 1. The molecule has 0 saturated heterocycles. The van der Waals surface area contributed by atoms with Gasteiger partial charge in [0.05, 0.1) is 12.6 Å². The number of carboxylic acid groups (broad SMARTS) is 1. The highest BCUT2D eigenvalue weighted by molar-refractivity contribution is 5.93. The molecular formula is C22H33N5O6. The predicted octanol–water partition coefficient (Wildman–Crippen LogP) is -0.962. The fraction of sp³-hybridized carbons (Fsp3) is 0.500. The van der Waals surface area contributed by atoms with Crippen molar-refractivity contribution < 1.29 is 29.1 Å². The van der Waals surface area contributed by atoms with Gasteiger partial charge in [0.15, 0.2) is 0 Å². The highest BCUT2D eigenvalue weighted by atomic mass is 16.4. The summed E-state index contributed by atoms with van der Waals surface area (Å²) in [7, 11) is 0. The molecule has 11 heteroatoms. The first-order valence-electron chi connectivity index (χ1n) is 10.7. The van der Waals surface area contributed by atoms with Gasteiger partial charge >= 0.3 is 5.97 Å². The van der Waals surface area contributed by atoms with Crippen LogP contribution in [0, 0.1) is 5.92 Å². The monoisotopic (exact) mass is 463 g/mol. The second kappa shape index (κ2) is 13.8. The summed E-state index contributed by atoms with van der Waals surface area (Å²) in [5, 5.41) is 16.6. The molecule has 0 aliphatic rings. The van der Waals surface area contributed by atoms with E-state index >= 15 is 0 Å². The average Bonchev–Trinajstić information content (AvgIpc) is 2.78. The topological polar surface area (TPSA) is 194 Å². The highest BCUT2D eigenvalue weighted by Crippen LogP contribution is 2.07. The maximum absolute atomic E-state index is 12.6. The molecule has 0 fully saturated rings. The SMILES string of the molecule is CCC(C)C(N)C(=O)NC(CCC(N)=O)C(=O)NCC(=O)NC(Cc1ccccc1)C(=O)O. The van der Waals surface area contributed by atoms with Gasteiger partial charge in [0.2, 0.25) is 23.6 Å². The van der Waals surface area contributed by atoms with E-state index in [1.54, 1.807) is 37.3 Å². The Bertz CT molecular complexity index is 832. The standard InChI is InChI=1S/C22H33N5O6/c1-3-13(2)19(24)21(31)27-15(9-10-17(23)28)20(30)25-12-18(29)26-16(22(32)33)11-14-7-5-4-6-8-14/h4-8,13,15-16,19H,3,9-12,24H2,1-2H3,(H2,23,28)(H,25,30)(H,26,29)(H,27,31)(H,32,33). The molecule has 1 aromatic rings. The normalized spacial score (nSPS) is 14.3. The summed E-state index contributed by atoms with van der Waals surface area (Å²) in [4.78, 5) is 59.8. The lowest BCUT2D eigenvalue weighted by Gasteiger charge is -2.23. The minimum atomic E-state index is -1.22. The van der Waals surface area contributed by atoms with Gasteiger partial charge in [-0.2, -0.15) is 0 Å². The zero-order valence-corrected chi connectivity index (χ0v) is 18.9. The van der Waals surface area contributed by atoms with Crippen LogP contribution in [0.15, 0.2) is 30.3 Å². The van der Waals surface area contributed by atoms with Crippen LogP contribution >= 0.6 is 0 Å². The molecule has 1 rings (SSSR count). The summed E-state index contributed by atoms with van der Waals surface area (Å²) in [5.74, 6) is -4.00. The van der Waals surface area contributed by atoms with Gasteiger partial charge in [0.25, 0.3) is 0 Å². The van der Waals surface area contributed by atoms with Crippen LogP contribution in [0.4, 0.5) is 0 Å². The molecule has 8 N–H and O–H groups in total. The van der Waals surface area contributed by atoms with Gasteiger partial charge in [-0.3, -0.25) is 19.2 Å². The minimum absolute atomic E-state index is 0.0701. The third kappa shape index (κ3) is 10.1. The van der Waals surface area contributed by atoms with Crippen molar-refractivity contribution in [2.45, 2.75) is 57.7 Å². The number of aliphatic carboxylic acids is 1. The number of primary amides is 1. The quantitative estimate of drug-likeness (QED) is 0.204. The van der Waals surface area contributed by atoms with Crippen LogP contribution in [0.1, 0.15) is 38.7 Å². The lowest BCUT2D eigenvalue weighted by Crippen LogP contribution is -2.54. The van der Waals surface area contributed by atoms with Crippen LogP contribution in [0.5, 0.6) is 0 Å². The smallest absolute Gasteiger partial charge is 0.326 e. The number of hydrogen-bond donors (Lipinski definition) is 6. The first-order chi connectivity index (χ1) is 15.5. The van der Waals surface area contributed by atoms with Crippen LogP contribution in [0.2, 0.25) is 0 Å². The number of carbonyl (C=O) groups excluding carboxylic acids is 4. The molecule has 4 amide bonds. The fourth-order valence-electron chi connectivity index (χ4n) is 2.92. The van der Waals surface area contributed by atoms with Crippen LogP contribution < -0.4 is 27.4 Å². The number of carbonyl (C=O) groups is 5. The first-order valence-corrected chi connectivity index (χ1v) is 10.7. The average molecular weight is 464 g/mol. The molecule has 0 aliphatic heterocycles. The Balaban J connectivity index is 2.71. The van der Waals surface area contributed by atoms with Gasteiger partial charge in [0, 0.05) is 12.8 Å². The Morgan fingerprint density at radius 1 is 1.00 bits per heavy atom. The molecule has 1 aromatic carbocycles. The molecule has 0 aliphatic carbocycles. The van der Waals surface area contributed by atoms with Gasteiger partial charge in [-0.25, -0.2) is 4.79 Å². The van der Waals surface area contributed by atoms with Gasteiger partial charge in [-0.15, -0.1) is 0 Å². The molecule has 11 nitrogen and oxygen atoms in total. The Morgan fingerprint density at radius 3 is 2.18 bits per heavy atom. The van der Waals surface area contributed by atoms with E-state index in [1.807, 2.05) is 6.92 Å². The number of rotatable bonds is 14. The van der Waals surface area contributed by atoms with Gasteiger partial charge in [-0.05, 0) is 17.9 Å². The van der Waals surface area contributed by atoms with Gasteiger partial charge in [0.1, 0.15) is 12.1 Å². The molecular weight excluding hydrogens is 430 g/mol. The Labute approximate surface area is 192 Å². The van der Waals surface area contributed by atoms with Gasteiger partial charge in [-0.1, -0.05) is 50.6 Å². The van der Waals surface area contributed by atoms with Crippen molar-refractivity contribution in [2.24, 2.45) is 17.4 Å². The number of nitrogens with two attached hydrogens (primary N) is 2. The van der Waals surface area contributed by atoms with E-state index in [0.29, 0.717) is 6.42 Å². The van der Waals surface area contributed by atoms with E-state index in [1.165, 1.54) is 0 Å². The van der Waals surface area contributed by atoms with Gasteiger partial charge < -0.3 is 32.5 Å². The van der Waals surface area contributed by atoms with E-state index in [2.05, 4.69) is 16.0 Å². The summed E-state index contributed by atoms with van der Waals surface area (Å²) < 4.78 is 0. The first kappa shape index (κ1) is 27.6. The molecule has 4 atom stereocenters. The Kier molecular flexibility index (Phi) is 11.6. The van der Waals surface area contributed by atoms with Crippen molar-refractivity contribution in [2.75, 3.05) is 6.54 Å². The molecule has 0 radical (unpaired) electrons. The summed E-state index contributed by atoms with van der Waals surface area (Å²) >= 11 is 0. The molecule has 0 aromatic heterocycles. The summed E-state index contributed by atoms with van der Waals surface area (Å²) in [6.45, 7) is 3.15. The molecule has 33 heavy (non-hydrogen) atoms. The summed E-state index contributed by atoms with van der Waals surface area (Å²) in [6.07, 6.45) is 0.482. The molecule has 4 unspecified atom stereocenters. The minimum Gasteiger partial charge on any atom is -0.480 e. The van der Waals surface area contributed by atoms with Crippen LogP contribution in [0.3, 0.4) is 0 Å². The van der Waals surface area contributed by atoms with Crippen molar-refractivity contribution >= 4 is 29.6 Å². The van der Waals surface area contributed by atoms with E-state index < -0.39 is 54.3 Å². The number of nitrogens with one attached hydrogen (secondary N) is 3. The van der Waals surface area contributed by atoms with Crippen molar-refractivity contribution in [1.82, 2.24) is 16.0 Å². The molecule has 0 spiro atoms. The summed E-state index contributed by atoms with van der Waals surface area (Å²) in [6, 6.07) is 5.60. The third-order valence-corrected chi connectivity index (χ3v) is 5.21. The zero-order valence-electron chi connectivity index (χ0n) is 18.9. The lowest BCUT2D eigenvalue weighted by atomic mass is 9.98. The van der Waals surface area contributed by atoms with Crippen molar-refractivity contribution in [3.8, 4) is 0 Å². The molecule has 182 valence electrons. The number of hydrogen-bond acceptors (Lipinski definition) is 6. The van der Waals surface area contributed by atoms with E-state index in [9.17, 15) is 29.1 Å². The second-order valence-electron chi connectivity index (χ2n) is 7.84. The number of benzene rings is 1. The second-order valence-corrected chi connectivity index (χ2v) is 7.84. The predicted molar refractivity (Wildman–Crippen MR) is 121 cm³/mol. The van der Waals surface area contributed by atoms with Crippen molar-refractivity contribution in [3.63, 3.8) is 0 Å². The maximum atomic E-state index is 12.6. The van der Waals surface area contributed by atoms with Crippen LogP contribution in [0.25, 0.3) is 0 Å². The Morgan fingerprint density at radius 2 is 1.64 bits per heavy atom. The maximum Gasteiger partial charge on any atom is 0.326 e. The molecule has 0 saturated carbocycles. The molecule has 0 bridgehead atoms. The summed E-state index contributed by atoms with van der Waals surface area (Å²) in [5.41, 5.74) is 11.8. The van der Waals surface area contributed by atoms with E-state index in [-0.39, 0.29) is 25.2 Å². The zero-order chi connectivity index (χ0) is 25.0. The highest BCUT2D eigenvalue weighted by Gasteiger charge is 2.27. The fourth-order valence-corrected chi connectivity index (χ4v) is 2.92. The van der Waals surface area contributed by atoms with Crippen LogP contribution in [-0.4, -0.2) is 59.4 Å². The Hall–Kier alpha value is -3.47. The van der Waals surface area contributed by atoms with E-state index in [0.717, 1.165) is 5.56 Å². The largest absolute Gasteiger partial charge is 0.480 e. The molecule has 0 heterocycles.